The van der Waals surface area contributed by atoms with E-state index in [4.69, 9.17) is 9.47 Å². The lowest BCUT2D eigenvalue weighted by molar-refractivity contribution is -0.299. The largest absolute Gasteiger partial charge is 0.416 e. The highest BCUT2D eigenvalue weighted by Crippen LogP contribution is 2.40. The van der Waals surface area contributed by atoms with Crippen LogP contribution in [0.25, 0.3) is 0 Å². The molecule has 134 valence electrons. The minimum Gasteiger partial charge on any atom is -0.350 e. The molecule has 2 heterocycles. The van der Waals surface area contributed by atoms with Crippen LogP contribution in [0.2, 0.25) is 0 Å². The maximum Gasteiger partial charge on any atom is 0.416 e. The van der Waals surface area contributed by atoms with Crippen molar-refractivity contribution in [3.8, 4) is 0 Å². The van der Waals surface area contributed by atoms with Crippen molar-refractivity contribution in [1.82, 2.24) is 4.31 Å². The van der Waals surface area contributed by atoms with Gasteiger partial charge in [-0.25, -0.2) is 8.42 Å². The van der Waals surface area contributed by atoms with Crippen molar-refractivity contribution in [2.45, 2.75) is 30.7 Å². The average Bonchev–Trinajstić information content (AvgIpc) is 2.44. The van der Waals surface area contributed by atoms with E-state index in [1.165, 1.54) is 4.31 Å². The van der Waals surface area contributed by atoms with Gasteiger partial charge in [-0.05, 0) is 38.1 Å². The molecule has 0 atom stereocenters. The second-order valence-electron chi connectivity index (χ2n) is 6.77. The molecule has 0 amide bonds. The number of alkyl halides is 3. The van der Waals surface area contributed by atoms with Gasteiger partial charge < -0.3 is 9.47 Å². The van der Waals surface area contributed by atoms with Gasteiger partial charge in [0, 0.05) is 18.5 Å². The Morgan fingerprint density at radius 3 is 2.00 bits per heavy atom. The minimum absolute atomic E-state index is 0.150. The van der Waals surface area contributed by atoms with Crippen LogP contribution in [0.1, 0.15) is 19.4 Å². The molecule has 5 nitrogen and oxygen atoms in total. The topological polar surface area (TPSA) is 55.8 Å². The van der Waals surface area contributed by atoms with Gasteiger partial charge in [-0.1, -0.05) is 0 Å². The van der Waals surface area contributed by atoms with Gasteiger partial charge in [0.25, 0.3) is 0 Å². The molecule has 2 aliphatic heterocycles. The van der Waals surface area contributed by atoms with E-state index in [0.29, 0.717) is 13.2 Å². The molecule has 1 aromatic rings. The van der Waals surface area contributed by atoms with Crippen molar-refractivity contribution in [2.75, 3.05) is 26.3 Å². The molecule has 0 bridgehead atoms. The number of hydrogen-bond acceptors (Lipinski definition) is 4. The Bertz CT molecular complexity index is 710. The molecule has 3 rings (SSSR count). The molecule has 2 fully saturated rings. The van der Waals surface area contributed by atoms with Crippen molar-refractivity contribution in [1.29, 1.82) is 0 Å². The molecular formula is C15H18F3NO4S. The van der Waals surface area contributed by atoms with Crippen LogP contribution >= 0.6 is 0 Å². The van der Waals surface area contributed by atoms with Crippen LogP contribution in [-0.4, -0.2) is 44.8 Å². The molecule has 24 heavy (non-hydrogen) atoms. The molecule has 0 saturated carbocycles. The van der Waals surface area contributed by atoms with E-state index < -0.39 is 27.6 Å². The lowest BCUT2D eigenvalue weighted by atomic mass is 9.82. The Balaban J connectivity index is 1.70. The molecule has 2 saturated heterocycles. The fourth-order valence-corrected chi connectivity index (χ4v) is 4.42. The molecule has 0 radical (unpaired) electrons. The second kappa shape index (κ2) is 5.42. The number of hydrogen-bond donors (Lipinski definition) is 0. The Morgan fingerprint density at radius 2 is 1.54 bits per heavy atom. The zero-order chi connectivity index (χ0) is 17.8. The fourth-order valence-electron chi connectivity index (χ4n) is 2.76. The van der Waals surface area contributed by atoms with E-state index in [1.807, 2.05) is 0 Å². The summed E-state index contributed by atoms with van der Waals surface area (Å²) in [5.41, 5.74) is -1.26. The van der Waals surface area contributed by atoms with Crippen LogP contribution in [0, 0.1) is 5.41 Å². The van der Waals surface area contributed by atoms with E-state index in [0.717, 1.165) is 24.3 Å². The first kappa shape index (κ1) is 17.7. The molecule has 0 aliphatic carbocycles. The first-order chi connectivity index (χ1) is 10.9. The Labute approximate surface area is 138 Å². The van der Waals surface area contributed by atoms with Gasteiger partial charge in [0.15, 0.2) is 5.79 Å². The van der Waals surface area contributed by atoms with E-state index in [9.17, 15) is 21.6 Å². The summed E-state index contributed by atoms with van der Waals surface area (Å²) in [6.45, 7) is 4.81. The second-order valence-corrected chi connectivity index (χ2v) is 8.71. The van der Waals surface area contributed by atoms with Crippen molar-refractivity contribution in [2.24, 2.45) is 5.41 Å². The highest BCUT2D eigenvalue weighted by molar-refractivity contribution is 7.89. The average molecular weight is 365 g/mol. The zero-order valence-electron chi connectivity index (χ0n) is 13.3. The number of halogens is 3. The first-order valence-electron chi connectivity index (χ1n) is 7.39. The predicted octanol–water partition coefficient (Wildman–Crippen LogP) is 2.48. The third kappa shape index (κ3) is 3.17. The molecule has 0 N–H and O–H groups in total. The molecule has 1 aromatic carbocycles. The van der Waals surface area contributed by atoms with Crippen molar-refractivity contribution >= 4 is 10.0 Å². The summed E-state index contributed by atoms with van der Waals surface area (Å²) in [6, 6.07) is 3.52. The van der Waals surface area contributed by atoms with Crippen molar-refractivity contribution in [3.05, 3.63) is 29.8 Å². The summed E-state index contributed by atoms with van der Waals surface area (Å²) < 4.78 is 75.1. The van der Waals surface area contributed by atoms with Crippen LogP contribution in [-0.2, 0) is 25.7 Å². The number of benzene rings is 1. The van der Waals surface area contributed by atoms with E-state index in [2.05, 4.69) is 0 Å². The quantitative estimate of drug-likeness (QED) is 0.808. The van der Waals surface area contributed by atoms with Crippen LogP contribution in [0.5, 0.6) is 0 Å². The van der Waals surface area contributed by atoms with E-state index >= 15 is 0 Å². The highest BCUT2D eigenvalue weighted by atomic mass is 32.2. The maximum absolute atomic E-state index is 12.6. The lowest BCUT2D eigenvalue weighted by Gasteiger charge is -2.53. The van der Waals surface area contributed by atoms with Gasteiger partial charge in [0.05, 0.1) is 23.7 Å². The Kier molecular flexibility index (Phi) is 3.99. The summed E-state index contributed by atoms with van der Waals surface area (Å²) in [5, 5.41) is 0. The SMILES string of the molecule is CC1(C)OCC2(CO1)CN(S(=O)(=O)c1ccc(C(F)(F)F)cc1)C2. The number of ether oxygens (including phenoxy) is 2. The summed E-state index contributed by atoms with van der Waals surface area (Å²) in [6.07, 6.45) is -4.49. The lowest BCUT2D eigenvalue weighted by Crippen LogP contribution is -2.65. The van der Waals surface area contributed by atoms with E-state index in [1.54, 1.807) is 13.8 Å². The zero-order valence-corrected chi connectivity index (χ0v) is 14.1. The molecule has 2 aliphatic rings. The standard InChI is InChI=1S/C15H18F3NO4S/c1-13(2)22-9-14(10-23-13)7-19(8-14)24(20,21)12-5-3-11(4-6-12)15(16,17)18/h3-6H,7-10H2,1-2H3. The molecule has 0 unspecified atom stereocenters. The van der Waals surface area contributed by atoms with Crippen LogP contribution < -0.4 is 0 Å². The molecular weight excluding hydrogens is 347 g/mol. The summed E-state index contributed by atoms with van der Waals surface area (Å²) in [5.74, 6) is -0.683. The first-order valence-corrected chi connectivity index (χ1v) is 8.83. The predicted molar refractivity (Wildman–Crippen MR) is 78.6 cm³/mol. The van der Waals surface area contributed by atoms with Crippen molar-refractivity contribution < 1.29 is 31.1 Å². The third-order valence-electron chi connectivity index (χ3n) is 4.29. The molecule has 9 heteroatoms. The third-order valence-corrected chi connectivity index (χ3v) is 6.10. The minimum atomic E-state index is -4.49. The Morgan fingerprint density at radius 1 is 1.04 bits per heavy atom. The fraction of sp³-hybridized carbons (Fsp3) is 0.600. The van der Waals surface area contributed by atoms with Crippen molar-refractivity contribution in [3.63, 3.8) is 0 Å². The summed E-state index contributed by atoms with van der Waals surface area (Å²) >= 11 is 0. The molecule has 0 aromatic heterocycles. The van der Waals surface area contributed by atoms with Gasteiger partial charge in [0.1, 0.15) is 0 Å². The van der Waals surface area contributed by atoms with E-state index in [-0.39, 0.29) is 23.4 Å². The van der Waals surface area contributed by atoms with Crippen LogP contribution in [0.3, 0.4) is 0 Å². The van der Waals surface area contributed by atoms with Crippen LogP contribution in [0.4, 0.5) is 13.2 Å². The van der Waals surface area contributed by atoms with Gasteiger partial charge in [-0.2, -0.15) is 17.5 Å². The number of sulfonamides is 1. The van der Waals surface area contributed by atoms with Gasteiger partial charge >= 0.3 is 6.18 Å². The van der Waals surface area contributed by atoms with Crippen LogP contribution in [0.15, 0.2) is 29.2 Å². The number of nitrogens with zero attached hydrogens (tertiary/aromatic N) is 1. The van der Waals surface area contributed by atoms with Gasteiger partial charge in [-0.3, -0.25) is 0 Å². The molecule has 1 spiro atoms. The van der Waals surface area contributed by atoms with Gasteiger partial charge in [-0.15, -0.1) is 0 Å². The smallest absolute Gasteiger partial charge is 0.350 e. The van der Waals surface area contributed by atoms with Gasteiger partial charge in [0.2, 0.25) is 10.0 Å². The Hall–Kier alpha value is -1.16. The monoisotopic (exact) mass is 365 g/mol. The maximum atomic E-state index is 12.6. The summed E-state index contributed by atoms with van der Waals surface area (Å²) in [7, 11) is -3.81. The summed E-state index contributed by atoms with van der Waals surface area (Å²) in [4.78, 5) is -0.150. The normalized spacial score (nSPS) is 23.9. The number of rotatable bonds is 2. The highest BCUT2D eigenvalue weighted by Gasteiger charge is 2.52.